The second-order valence-corrected chi connectivity index (χ2v) is 7.98. The van der Waals surface area contributed by atoms with E-state index in [4.69, 9.17) is 9.72 Å². The van der Waals surface area contributed by atoms with Gasteiger partial charge in [0.15, 0.2) is 0 Å². The highest BCUT2D eigenvalue weighted by molar-refractivity contribution is 7.20. The molecule has 0 unspecified atom stereocenters. The van der Waals surface area contributed by atoms with Crippen LogP contribution in [0.2, 0.25) is 0 Å². The zero-order valence-electron chi connectivity index (χ0n) is 15.9. The summed E-state index contributed by atoms with van der Waals surface area (Å²) in [6.45, 7) is 2.05. The Bertz CT molecular complexity index is 1120. The van der Waals surface area contributed by atoms with Crippen LogP contribution in [0.5, 0.6) is 5.75 Å². The standard InChI is InChI=1S/C23H22N2O2S/c1-15(8-9-16-6-4-3-5-7-16)24-22(26)21-14-18-12-17-13-19(27-2)10-11-20(17)25-23(18)28-21/h3-7,10-15H,8-9H2,1-2H3,(H,24,26)/t15-/m0/s1. The first-order valence-electron chi connectivity index (χ1n) is 9.35. The number of nitrogens with one attached hydrogen (secondary N) is 1. The summed E-state index contributed by atoms with van der Waals surface area (Å²) in [4.78, 5) is 18.9. The molecular weight excluding hydrogens is 368 g/mol. The fourth-order valence-corrected chi connectivity index (χ4v) is 4.17. The molecule has 28 heavy (non-hydrogen) atoms. The van der Waals surface area contributed by atoms with Crippen LogP contribution in [0, 0.1) is 0 Å². The Morgan fingerprint density at radius 2 is 1.93 bits per heavy atom. The average molecular weight is 391 g/mol. The summed E-state index contributed by atoms with van der Waals surface area (Å²) in [7, 11) is 1.65. The fraction of sp³-hybridized carbons (Fsp3) is 0.217. The molecule has 0 bridgehead atoms. The van der Waals surface area contributed by atoms with E-state index >= 15 is 0 Å². The van der Waals surface area contributed by atoms with Crippen LogP contribution in [0.15, 0.2) is 60.7 Å². The molecule has 4 rings (SSSR count). The molecule has 4 nitrogen and oxygen atoms in total. The molecule has 4 aromatic rings. The highest BCUT2D eigenvalue weighted by Gasteiger charge is 2.14. The number of ether oxygens (including phenoxy) is 1. The molecule has 5 heteroatoms. The minimum absolute atomic E-state index is 0.0369. The van der Waals surface area contributed by atoms with Gasteiger partial charge in [-0.15, -0.1) is 11.3 Å². The summed E-state index contributed by atoms with van der Waals surface area (Å²) in [6, 6.07) is 20.2. The smallest absolute Gasteiger partial charge is 0.261 e. The number of fused-ring (bicyclic) bond motifs is 2. The summed E-state index contributed by atoms with van der Waals surface area (Å²) in [5.41, 5.74) is 2.19. The Labute approximate surface area is 168 Å². The van der Waals surface area contributed by atoms with Gasteiger partial charge in [0, 0.05) is 16.8 Å². The van der Waals surface area contributed by atoms with Crippen LogP contribution in [0.1, 0.15) is 28.6 Å². The SMILES string of the molecule is COc1ccc2nc3sc(C(=O)N[C@@H](C)CCc4ccccc4)cc3cc2c1. The second-order valence-electron chi connectivity index (χ2n) is 6.95. The third-order valence-electron chi connectivity index (χ3n) is 4.82. The van der Waals surface area contributed by atoms with E-state index in [9.17, 15) is 4.79 Å². The molecule has 0 aliphatic carbocycles. The zero-order chi connectivity index (χ0) is 19.5. The van der Waals surface area contributed by atoms with Crippen LogP contribution in [0.3, 0.4) is 0 Å². The molecule has 0 aliphatic heterocycles. The van der Waals surface area contributed by atoms with Gasteiger partial charge >= 0.3 is 0 Å². The van der Waals surface area contributed by atoms with Crippen molar-refractivity contribution in [3.63, 3.8) is 0 Å². The number of aryl methyl sites for hydroxylation is 1. The fourth-order valence-electron chi connectivity index (χ4n) is 3.25. The third-order valence-corrected chi connectivity index (χ3v) is 5.86. The maximum atomic E-state index is 12.7. The molecule has 2 heterocycles. The number of carbonyl (C=O) groups is 1. The predicted octanol–water partition coefficient (Wildman–Crippen LogP) is 5.21. The number of benzene rings is 2. The van der Waals surface area contributed by atoms with Gasteiger partial charge in [0.1, 0.15) is 10.6 Å². The molecule has 0 fully saturated rings. The minimum Gasteiger partial charge on any atom is -0.497 e. The normalized spacial score (nSPS) is 12.2. The van der Waals surface area contributed by atoms with Gasteiger partial charge in [-0.25, -0.2) is 4.98 Å². The number of nitrogens with zero attached hydrogens (tertiary/aromatic N) is 1. The molecule has 0 saturated carbocycles. The molecule has 1 atom stereocenters. The Morgan fingerprint density at radius 1 is 1.11 bits per heavy atom. The number of carbonyl (C=O) groups excluding carboxylic acids is 1. The van der Waals surface area contributed by atoms with E-state index < -0.39 is 0 Å². The number of thiophene rings is 1. The van der Waals surface area contributed by atoms with Crippen LogP contribution in [-0.4, -0.2) is 24.0 Å². The summed E-state index contributed by atoms with van der Waals surface area (Å²) in [6.07, 6.45) is 1.85. The van der Waals surface area contributed by atoms with Crippen LogP contribution in [0.4, 0.5) is 0 Å². The molecule has 0 radical (unpaired) electrons. The van der Waals surface area contributed by atoms with Gasteiger partial charge in [0.2, 0.25) is 0 Å². The molecule has 1 amide bonds. The lowest BCUT2D eigenvalue weighted by molar-refractivity contribution is 0.0942. The number of methoxy groups -OCH3 is 1. The minimum atomic E-state index is -0.0369. The van der Waals surface area contributed by atoms with Gasteiger partial charge in [-0.1, -0.05) is 30.3 Å². The van der Waals surface area contributed by atoms with E-state index in [1.165, 1.54) is 16.9 Å². The van der Waals surface area contributed by atoms with Crippen molar-refractivity contribution >= 4 is 38.4 Å². The maximum absolute atomic E-state index is 12.7. The molecular formula is C23H22N2O2S. The van der Waals surface area contributed by atoms with Crippen LogP contribution in [-0.2, 0) is 6.42 Å². The quantitative estimate of drug-likeness (QED) is 0.492. The first-order valence-corrected chi connectivity index (χ1v) is 10.2. The maximum Gasteiger partial charge on any atom is 0.261 e. The lowest BCUT2D eigenvalue weighted by atomic mass is 10.1. The van der Waals surface area contributed by atoms with Gasteiger partial charge in [0.25, 0.3) is 5.91 Å². The molecule has 0 aliphatic rings. The van der Waals surface area contributed by atoms with Gasteiger partial charge in [-0.2, -0.15) is 0 Å². The Balaban J connectivity index is 1.48. The Hall–Kier alpha value is -2.92. The van der Waals surface area contributed by atoms with E-state index in [0.717, 1.165) is 39.7 Å². The van der Waals surface area contributed by atoms with Crippen molar-refractivity contribution in [1.29, 1.82) is 0 Å². The van der Waals surface area contributed by atoms with E-state index in [2.05, 4.69) is 23.5 Å². The van der Waals surface area contributed by atoms with Gasteiger partial charge in [0.05, 0.1) is 17.5 Å². The lowest BCUT2D eigenvalue weighted by Crippen LogP contribution is -2.32. The second kappa shape index (κ2) is 7.98. The van der Waals surface area contributed by atoms with E-state index in [1.807, 2.05) is 49.4 Å². The van der Waals surface area contributed by atoms with Crippen molar-refractivity contribution < 1.29 is 9.53 Å². The Kier molecular flexibility index (Phi) is 5.26. The van der Waals surface area contributed by atoms with E-state index in [0.29, 0.717) is 4.88 Å². The van der Waals surface area contributed by atoms with Crippen molar-refractivity contribution in [2.24, 2.45) is 0 Å². The summed E-state index contributed by atoms with van der Waals surface area (Å²) < 4.78 is 5.29. The van der Waals surface area contributed by atoms with Crippen LogP contribution >= 0.6 is 11.3 Å². The Morgan fingerprint density at radius 3 is 2.71 bits per heavy atom. The highest BCUT2D eigenvalue weighted by atomic mass is 32.1. The van der Waals surface area contributed by atoms with Crippen LogP contribution in [0.25, 0.3) is 21.1 Å². The summed E-state index contributed by atoms with van der Waals surface area (Å²) in [5.74, 6) is 0.763. The molecule has 142 valence electrons. The van der Waals surface area contributed by atoms with Crippen molar-refractivity contribution in [2.75, 3.05) is 7.11 Å². The largest absolute Gasteiger partial charge is 0.497 e. The molecule has 0 spiro atoms. The van der Waals surface area contributed by atoms with Crippen molar-refractivity contribution in [3.8, 4) is 5.75 Å². The predicted molar refractivity (Wildman–Crippen MR) is 115 cm³/mol. The van der Waals surface area contributed by atoms with E-state index in [-0.39, 0.29) is 11.9 Å². The van der Waals surface area contributed by atoms with Crippen molar-refractivity contribution in [1.82, 2.24) is 10.3 Å². The number of hydrogen-bond acceptors (Lipinski definition) is 4. The molecule has 2 aromatic heterocycles. The lowest BCUT2D eigenvalue weighted by Gasteiger charge is -2.13. The molecule has 2 aromatic carbocycles. The first kappa shape index (κ1) is 18.4. The summed E-state index contributed by atoms with van der Waals surface area (Å²) >= 11 is 1.43. The highest BCUT2D eigenvalue weighted by Crippen LogP contribution is 2.29. The number of amides is 1. The van der Waals surface area contributed by atoms with Crippen molar-refractivity contribution in [3.05, 3.63) is 71.1 Å². The average Bonchev–Trinajstić information content (AvgIpc) is 3.14. The summed E-state index contributed by atoms with van der Waals surface area (Å²) in [5, 5.41) is 5.10. The van der Waals surface area contributed by atoms with Gasteiger partial charge < -0.3 is 10.1 Å². The number of aromatic nitrogens is 1. The number of hydrogen-bond donors (Lipinski definition) is 1. The third kappa shape index (κ3) is 3.99. The zero-order valence-corrected chi connectivity index (χ0v) is 16.8. The van der Waals surface area contributed by atoms with E-state index in [1.54, 1.807) is 7.11 Å². The van der Waals surface area contributed by atoms with Gasteiger partial charge in [-0.05, 0) is 55.7 Å². The topological polar surface area (TPSA) is 51.2 Å². The molecule has 0 saturated heterocycles. The molecule has 1 N–H and O–H groups in total. The number of rotatable bonds is 6. The monoisotopic (exact) mass is 390 g/mol. The van der Waals surface area contributed by atoms with Gasteiger partial charge in [-0.3, -0.25) is 4.79 Å². The van der Waals surface area contributed by atoms with Crippen molar-refractivity contribution in [2.45, 2.75) is 25.8 Å². The number of pyridine rings is 1. The van der Waals surface area contributed by atoms with Crippen LogP contribution < -0.4 is 10.1 Å². The first-order chi connectivity index (χ1) is 13.6.